The van der Waals surface area contributed by atoms with Gasteiger partial charge in [-0.3, -0.25) is 0 Å². The molecule has 0 fully saturated rings. The van der Waals surface area contributed by atoms with Crippen LogP contribution < -0.4 is 0 Å². The largest absolute Gasteiger partial charge is 0.454 e. The van der Waals surface area contributed by atoms with E-state index in [4.69, 9.17) is 15.9 Å². The summed E-state index contributed by atoms with van der Waals surface area (Å²) in [5.41, 5.74) is 0. The zero-order chi connectivity index (χ0) is 12.7. The van der Waals surface area contributed by atoms with Crippen LogP contribution in [0.5, 0.6) is 0 Å². The summed E-state index contributed by atoms with van der Waals surface area (Å²) < 4.78 is 11.5. The highest BCUT2D eigenvalue weighted by atomic mass is 16.7. The summed E-state index contributed by atoms with van der Waals surface area (Å²) in [6, 6.07) is 0. The molecule has 96 valence electrons. The highest BCUT2D eigenvalue weighted by Gasteiger charge is 2.32. The predicted octanol–water partition coefficient (Wildman–Crippen LogP) is 4.36. The number of unbranched alkanes of at least 4 members (excludes halogenated alkanes) is 4. The van der Waals surface area contributed by atoms with Crippen molar-refractivity contribution in [3.8, 4) is 12.3 Å². The number of allylic oxidation sites excluding steroid dienone is 2. The van der Waals surface area contributed by atoms with Crippen molar-refractivity contribution in [3.63, 3.8) is 0 Å². The Bertz CT molecular complexity index is 307. The van der Waals surface area contributed by atoms with Gasteiger partial charge in [-0.15, -0.1) is 6.42 Å². The van der Waals surface area contributed by atoms with Crippen molar-refractivity contribution in [3.05, 3.63) is 11.5 Å². The van der Waals surface area contributed by atoms with Crippen molar-refractivity contribution >= 4 is 0 Å². The summed E-state index contributed by atoms with van der Waals surface area (Å²) in [4.78, 5) is 0. The fourth-order valence-electron chi connectivity index (χ4n) is 2.03. The fraction of sp³-hybridized carbons (Fsp3) is 0.733. The van der Waals surface area contributed by atoms with Gasteiger partial charge in [0.05, 0.1) is 6.42 Å². The molecule has 0 saturated carbocycles. The number of hydrogen-bond donors (Lipinski definition) is 0. The molecule has 0 spiro atoms. The maximum absolute atomic E-state index is 5.78. The van der Waals surface area contributed by atoms with Gasteiger partial charge < -0.3 is 9.47 Å². The molecule has 0 aromatic rings. The summed E-state index contributed by atoms with van der Waals surface area (Å²) in [6.07, 6.45) is 13.1. The second kappa shape index (κ2) is 6.59. The highest BCUT2D eigenvalue weighted by Crippen LogP contribution is 2.34. The molecule has 0 atom stereocenters. The minimum atomic E-state index is -0.537. The van der Waals surface area contributed by atoms with Crippen LogP contribution in [-0.2, 0) is 9.47 Å². The minimum Gasteiger partial charge on any atom is -0.454 e. The Morgan fingerprint density at radius 3 is 2.35 bits per heavy atom. The fourth-order valence-corrected chi connectivity index (χ4v) is 2.03. The van der Waals surface area contributed by atoms with Crippen molar-refractivity contribution in [2.75, 3.05) is 0 Å². The van der Waals surface area contributed by atoms with E-state index in [9.17, 15) is 0 Å². The first-order chi connectivity index (χ1) is 8.09. The van der Waals surface area contributed by atoms with Crippen LogP contribution >= 0.6 is 0 Å². The van der Waals surface area contributed by atoms with Gasteiger partial charge in [0.25, 0.3) is 0 Å². The lowest BCUT2D eigenvalue weighted by Gasteiger charge is -2.18. The molecular weight excluding hydrogens is 212 g/mol. The zero-order valence-electron chi connectivity index (χ0n) is 11.3. The van der Waals surface area contributed by atoms with Crippen LogP contribution in [0.4, 0.5) is 0 Å². The lowest BCUT2D eigenvalue weighted by molar-refractivity contribution is -0.124. The lowest BCUT2D eigenvalue weighted by Crippen LogP contribution is -2.20. The van der Waals surface area contributed by atoms with E-state index in [1.54, 1.807) is 0 Å². The number of rotatable bonds is 7. The first-order valence-corrected chi connectivity index (χ1v) is 6.62. The molecule has 0 amide bonds. The number of hydrogen-bond acceptors (Lipinski definition) is 2. The summed E-state index contributed by atoms with van der Waals surface area (Å²) in [5, 5.41) is 0. The lowest BCUT2D eigenvalue weighted by atomic mass is 10.1. The molecular formula is C15H24O2. The molecule has 0 N–H and O–H groups in total. The molecule has 1 heterocycles. The molecule has 0 aromatic carbocycles. The summed E-state index contributed by atoms with van der Waals surface area (Å²) in [6.45, 7) is 6.07. The van der Waals surface area contributed by atoms with Crippen molar-refractivity contribution in [2.45, 2.75) is 71.5 Å². The molecule has 0 bridgehead atoms. The average Bonchev–Trinajstić information content (AvgIpc) is 2.54. The first kappa shape index (κ1) is 14.0. The quantitative estimate of drug-likeness (QED) is 0.483. The molecule has 2 heteroatoms. The van der Waals surface area contributed by atoms with Gasteiger partial charge in [-0.05, 0) is 6.42 Å². The normalized spacial score (nSPS) is 17.5. The van der Waals surface area contributed by atoms with E-state index < -0.39 is 5.79 Å². The van der Waals surface area contributed by atoms with Crippen LogP contribution in [0.1, 0.15) is 65.7 Å². The van der Waals surface area contributed by atoms with E-state index >= 15 is 0 Å². The summed E-state index contributed by atoms with van der Waals surface area (Å²) in [5.74, 6) is 3.91. The Morgan fingerprint density at radius 2 is 1.71 bits per heavy atom. The molecule has 0 saturated heterocycles. The van der Waals surface area contributed by atoms with Gasteiger partial charge in [0.2, 0.25) is 5.79 Å². The Morgan fingerprint density at radius 1 is 1.06 bits per heavy atom. The molecule has 2 nitrogen and oxygen atoms in total. The van der Waals surface area contributed by atoms with Crippen molar-refractivity contribution < 1.29 is 9.47 Å². The van der Waals surface area contributed by atoms with Gasteiger partial charge in [-0.1, -0.05) is 38.5 Å². The van der Waals surface area contributed by atoms with Crippen molar-refractivity contribution in [2.24, 2.45) is 0 Å². The van der Waals surface area contributed by atoms with Gasteiger partial charge in [0.1, 0.15) is 5.76 Å². The molecule has 0 radical (unpaired) electrons. The van der Waals surface area contributed by atoms with Gasteiger partial charge in [-0.25, -0.2) is 0 Å². The first-order valence-electron chi connectivity index (χ1n) is 6.62. The second-order valence-electron chi connectivity index (χ2n) is 5.00. The van der Waals surface area contributed by atoms with Gasteiger partial charge >= 0.3 is 0 Å². The van der Waals surface area contributed by atoms with E-state index in [0.717, 1.165) is 24.4 Å². The summed E-state index contributed by atoms with van der Waals surface area (Å²) in [7, 11) is 0. The van der Waals surface area contributed by atoms with Gasteiger partial charge in [0.15, 0.2) is 5.76 Å². The number of ether oxygens (including phenoxy) is 2. The van der Waals surface area contributed by atoms with Crippen LogP contribution in [0.3, 0.4) is 0 Å². The van der Waals surface area contributed by atoms with Crippen molar-refractivity contribution in [1.29, 1.82) is 0 Å². The molecule has 0 unspecified atom stereocenters. The Labute approximate surface area is 105 Å². The van der Waals surface area contributed by atoms with E-state index in [1.807, 2.05) is 13.8 Å². The SMILES string of the molecule is C#CCC1=C(CCCCCCC)OC(C)(C)O1. The van der Waals surface area contributed by atoms with Crippen LogP contribution in [0, 0.1) is 12.3 Å². The topological polar surface area (TPSA) is 18.5 Å². The van der Waals surface area contributed by atoms with E-state index in [0.29, 0.717) is 6.42 Å². The third-order valence-corrected chi connectivity index (χ3v) is 2.82. The maximum atomic E-state index is 5.78. The van der Waals surface area contributed by atoms with Crippen LogP contribution in [0.2, 0.25) is 0 Å². The zero-order valence-corrected chi connectivity index (χ0v) is 11.3. The molecule has 0 aromatic heterocycles. The smallest absolute Gasteiger partial charge is 0.245 e. The third-order valence-electron chi connectivity index (χ3n) is 2.82. The van der Waals surface area contributed by atoms with Gasteiger partial charge in [0, 0.05) is 20.3 Å². The average molecular weight is 236 g/mol. The Balaban J connectivity index is 2.38. The molecule has 1 aliphatic heterocycles. The van der Waals surface area contributed by atoms with Gasteiger partial charge in [-0.2, -0.15) is 0 Å². The minimum absolute atomic E-state index is 0.535. The van der Waals surface area contributed by atoms with E-state index in [-0.39, 0.29) is 0 Å². The van der Waals surface area contributed by atoms with E-state index in [1.165, 1.54) is 25.7 Å². The number of terminal acetylenes is 1. The molecule has 17 heavy (non-hydrogen) atoms. The third kappa shape index (κ3) is 4.73. The highest BCUT2D eigenvalue weighted by molar-refractivity contribution is 5.13. The monoisotopic (exact) mass is 236 g/mol. The Hall–Kier alpha value is -1.10. The van der Waals surface area contributed by atoms with Crippen molar-refractivity contribution in [1.82, 2.24) is 0 Å². The Kier molecular flexibility index (Phi) is 5.41. The summed E-state index contributed by atoms with van der Waals surface area (Å²) >= 11 is 0. The molecule has 1 rings (SSSR count). The maximum Gasteiger partial charge on any atom is 0.245 e. The molecule has 1 aliphatic rings. The van der Waals surface area contributed by atoms with E-state index in [2.05, 4.69) is 12.8 Å². The second-order valence-corrected chi connectivity index (χ2v) is 5.00. The standard InChI is InChI=1S/C15H24O2/c1-5-7-8-9-10-12-14-13(11-6-2)16-15(3,4)17-14/h2H,5,7-12H2,1,3-4H3. The van der Waals surface area contributed by atoms with Crippen LogP contribution in [-0.4, -0.2) is 5.79 Å². The van der Waals surface area contributed by atoms with Crippen LogP contribution in [0.15, 0.2) is 11.5 Å². The van der Waals surface area contributed by atoms with Crippen LogP contribution in [0.25, 0.3) is 0 Å². The predicted molar refractivity (Wildman–Crippen MR) is 70.1 cm³/mol. The molecule has 0 aliphatic carbocycles.